The smallest absolute Gasteiger partial charge is 0.258 e. The predicted molar refractivity (Wildman–Crippen MR) is 61.6 cm³/mol. The van der Waals surface area contributed by atoms with Gasteiger partial charge in [0.2, 0.25) is 5.91 Å². The standard InChI is InChI=1S/C11H16N4O2/c1-6-9(7(2)14-13-6)11(17)15-5-4-12-10(16)8(15)3/h8H,4-5H2,1-3H3,(H,12,16)(H,13,14). The zero-order valence-corrected chi connectivity index (χ0v) is 10.2. The molecule has 1 fully saturated rings. The second-order valence-electron chi connectivity index (χ2n) is 4.27. The van der Waals surface area contributed by atoms with Gasteiger partial charge < -0.3 is 10.2 Å². The Kier molecular flexibility index (Phi) is 2.87. The van der Waals surface area contributed by atoms with Gasteiger partial charge in [-0.3, -0.25) is 14.7 Å². The first-order valence-corrected chi connectivity index (χ1v) is 5.62. The van der Waals surface area contributed by atoms with E-state index in [2.05, 4.69) is 15.5 Å². The zero-order valence-electron chi connectivity index (χ0n) is 10.2. The summed E-state index contributed by atoms with van der Waals surface area (Å²) in [6, 6.07) is -0.426. The maximum atomic E-state index is 12.3. The van der Waals surface area contributed by atoms with Crippen LogP contribution in [0, 0.1) is 13.8 Å². The Balaban J connectivity index is 2.29. The Morgan fingerprint density at radius 1 is 1.47 bits per heavy atom. The summed E-state index contributed by atoms with van der Waals surface area (Å²) in [6.07, 6.45) is 0. The monoisotopic (exact) mass is 236 g/mol. The van der Waals surface area contributed by atoms with E-state index in [4.69, 9.17) is 0 Å². The molecule has 1 saturated heterocycles. The molecular weight excluding hydrogens is 220 g/mol. The molecule has 0 spiro atoms. The van der Waals surface area contributed by atoms with Crippen LogP contribution in [0.3, 0.4) is 0 Å². The first-order chi connectivity index (χ1) is 8.02. The molecule has 1 aliphatic rings. The first kappa shape index (κ1) is 11.6. The molecule has 92 valence electrons. The summed E-state index contributed by atoms with van der Waals surface area (Å²) in [5.74, 6) is -0.237. The summed E-state index contributed by atoms with van der Waals surface area (Å²) >= 11 is 0. The van der Waals surface area contributed by atoms with E-state index in [9.17, 15) is 9.59 Å². The molecule has 1 unspecified atom stereocenters. The van der Waals surface area contributed by atoms with E-state index in [0.29, 0.717) is 24.3 Å². The third kappa shape index (κ3) is 1.90. The first-order valence-electron chi connectivity index (χ1n) is 5.62. The van der Waals surface area contributed by atoms with Gasteiger partial charge in [-0.25, -0.2) is 0 Å². The third-order valence-electron chi connectivity index (χ3n) is 3.10. The lowest BCUT2D eigenvalue weighted by Crippen LogP contribution is -2.55. The number of rotatable bonds is 1. The molecule has 1 aromatic heterocycles. The summed E-state index contributed by atoms with van der Waals surface area (Å²) in [7, 11) is 0. The number of carbonyl (C=O) groups is 2. The highest BCUT2D eigenvalue weighted by atomic mass is 16.2. The molecule has 1 aliphatic heterocycles. The number of hydrogen-bond acceptors (Lipinski definition) is 3. The fraction of sp³-hybridized carbons (Fsp3) is 0.545. The highest BCUT2D eigenvalue weighted by molar-refractivity contribution is 5.99. The van der Waals surface area contributed by atoms with Gasteiger partial charge in [-0.2, -0.15) is 5.10 Å². The Hall–Kier alpha value is -1.85. The number of amides is 2. The molecule has 6 heteroatoms. The van der Waals surface area contributed by atoms with Crippen molar-refractivity contribution in [2.75, 3.05) is 13.1 Å². The fourth-order valence-corrected chi connectivity index (χ4v) is 2.07. The van der Waals surface area contributed by atoms with Crippen molar-refractivity contribution in [2.45, 2.75) is 26.8 Å². The van der Waals surface area contributed by atoms with Crippen molar-refractivity contribution in [1.82, 2.24) is 20.4 Å². The molecule has 2 heterocycles. The maximum Gasteiger partial charge on any atom is 0.258 e. The number of carbonyl (C=O) groups excluding carboxylic acids is 2. The molecule has 17 heavy (non-hydrogen) atoms. The molecule has 1 atom stereocenters. The van der Waals surface area contributed by atoms with E-state index in [-0.39, 0.29) is 11.8 Å². The molecule has 1 aromatic rings. The Labute approximate surface area is 99.4 Å². The number of H-pyrrole nitrogens is 1. The molecular formula is C11H16N4O2. The lowest BCUT2D eigenvalue weighted by Gasteiger charge is -2.32. The zero-order chi connectivity index (χ0) is 12.6. The van der Waals surface area contributed by atoms with E-state index in [0.717, 1.165) is 5.69 Å². The van der Waals surface area contributed by atoms with Crippen molar-refractivity contribution in [3.8, 4) is 0 Å². The quantitative estimate of drug-likeness (QED) is 0.719. The number of aromatic nitrogens is 2. The number of nitrogens with one attached hydrogen (secondary N) is 2. The van der Waals surface area contributed by atoms with Gasteiger partial charge in [0.05, 0.1) is 11.3 Å². The predicted octanol–water partition coefficient (Wildman–Crippen LogP) is -0.0130. The Bertz CT molecular complexity index is 447. The van der Waals surface area contributed by atoms with Crippen LogP contribution < -0.4 is 5.32 Å². The van der Waals surface area contributed by atoms with Gasteiger partial charge in [-0.1, -0.05) is 0 Å². The molecule has 0 radical (unpaired) electrons. The average Bonchev–Trinajstić information content (AvgIpc) is 2.62. The van der Waals surface area contributed by atoms with Crippen molar-refractivity contribution in [3.05, 3.63) is 17.0 Å². The fourth-order valence-electron chi connectivity index (χ4n) is 2.07. The highest BCUT2D eigenvalue weighted by Crippen LogP contribution is 2.15. The number of hydrogen-bond donors (Lipinski definition) is 2. The van der Waals surface area contributed by atoms with E-state index in [1.54, 1.807) is 18.7 Å². The lowest BCUT2D eigenvalue weighted by atomic mass is 10.1. The van der Waals surface area contributed by atoms with E-state index in [1.165, 1.54) is 0 Å². The molecule has 2 amide bonds. The Morgan fingerprint density at radius 2 is 2.18 bits per heavy atom. The summed E-state index contributed by atoms with van der Waals surface area (Å²) in [5, 5.41) is 9.52. The van der Waals surface area contributed by atoms with E-state index in [1.807, 2.05) is 6.92 Å². The molecule has 0 saturated carbocycles. The van der Waals surface area contributed by atoms with Gasteiger partial charge in [-0.15, -0.1) is 0 Å². The minimum Gasteiger partial charge on any atom is -0.353 e. The van der Waals surface area contributed by atoms with Crippen molar-refractivity contribution < 1.29 is 9.59 Å². The van der Waals surface area contributed by atoms with Crippen molar-refractivity contribution in [1.29, 1.82) is 0 Å². The van der Waals surface area contributed by atoms with E-state index >= 15 is 0 Å². The van der Waals surface area contributed by atoms with Crippen LogP contribution >= 0.6 is 0 Å². The van der Waals surface area contributed by atoms with Crippen LogP contribution in [0.4, 0.5) is 0 Å². The van der Waals surface area contributed by atoms with Crippen molar-refractivity contribution in [2.24, 2.45) is 0 Å². The summed E-state index contributed by atoms with van der Waals surface area (Å²) < 4.78 is 0. The topological polar surface area (TPSA) is 78.1 Å². The van der Waals surface area contributed by atoms with Gasteiger partial charge >= 0.3 is 0 Å². The van der Waals surface area contributed by atoms with Crippen molar-refractivity contribution >= 4 is 11.8 Å². The van der Waals surface area contributed by atoms with Gasteiger partial charge in [0.1, 0.15) is 6.04 Å². The maximum absolute atomic E-state index is 12.3. The number of nitrogens with zero attached hydrogens (tertiary/aromatic N) is 2. The van der Waals surface area contributed by atoms with Crippen LogP contribution in [-0.4, -0.2) is 46.0 Å². The second kappa shape index (κ2) is 4.20. The van der Waals surface area contributed by atoms with Gasteiger partial charge in [-0.05, 0) is 20.8 Å². The average molecular weight is 236 g/mol. The largest absolute Gasteiger partial charge is 0.353 e. The Morgan fingerprint density at radius 3 is 2.76 bits per heavy atom. The van der Waals surface area contributed by atoms with Crippen LogP contribution in [0.5, 0.6) is 0 Å². The molecule has 6 nitrogen and oxygen atoms in total. The van der Waals surface area contributed by atoms with Gasteiger partial charge in [0.15, 0.2) is 0 Å². The molecule has 2 N–H and O–H groups in total. The molecule has 0 aliphatic carbocycles. The normalized spacial score (nSPS) is 20.3. The minimum atomic E-state index is -0.426. The van der Waals surface area contributed by atoms with Gasteiger partial charge in [0, 0.05) is 18.8 Å². The van der Waals surface area contributed by atoms with Gasteiger partial charge in [0.25, 0.3) is 5.91 Å². The number of aryl methyl sites for hydroxylation is 2. The van der Waals surface area contributed by atoms with Crippen LogP contribution in [0.1, 0.15) is 28.7 Å². The minimum absolute atomic E-state index is 0.108. The summed E-state index contributed by atoms with van der Waals surface area (Å²) in [5.41, 5.74) is 1.99. The number of piperazine rings is 1. The molecule has 0 bridgehead atoms. The number of aromatic amines is 1. The summed E-state index contributed by atoms with van der Waals surface area (Å²) in [4.78, 5) is 25.5. The third-order valence-corrected chi connectivity index (χ3v) is 3.10. The lowest BCUT2D eigenvalue weighted by molar-refractivity contribution is -0.127. The van der Waals surface area contributed by atoms with Crippen LogP contribution in [0.2, 0.25) is 0 Å². The van der Waals surface area contributed by atoms with Crippen molar-refractivity contribution in [3.63, 3.8) is 0 Å². The van der Waals surface area contributed by atoms with Crippen LogP contribution in [0.15, 0.2) is 0 Å². The highest BCUT2D eigenvalue weighted by Gasteiger charge is 2.31. The van der Waals surface area contributed by atoms with Crippen LogP contribution in [0.25, 0.3) is 0 Å². The van der Waals surface area contributed by atoms with Crippen LogP contribution in [-0.2, 0) is 4.79 Å². The molecule has 0 aromatic carbocycles. The molecule has 2 rings (SSSR count). The summed E-state index contributed by atoms with van der Waals surface area (Å²) in [6.45, 7) is 6.37. The SMILES string of the molecule is Cc1n[nH]c(C)c1C(=O)N1CCNC(=O)C1C. The van der Waals surface area contributed by atoms with E-state index < -0.39 is 6.04 Å². The second-order valence-corrected chi connectivity index (χ2v) is 4.27.